The summed E-state index contributed by atoms with van der Waals surface area (Å²) in [4.78, 5) is 0. The first-order chi connectivity index (χ1) is 8.69. The topological polar surface area (TPSA) is 21.3 Å². The van der Waals surface area contributed by atoms with Gasteiger partial charge in [0.25, 0.3) is 0 Å². The summed E-state index contributed by atoms with van der Waals surface area (Å²) in [5.41, 5.74) is 2.44. The summed E-state index contributed by atoms with van der Waals surface area (Å²) >= 11 is 14.8. The van der Waals surface area contributed by atoms with Gasteiger partial charge in [-0.15, -0.1) is 0 Å². The Bertz CT molecular complexity index is 447. The Balaban J connectivity index is 2.01. The summed E-state index contributed by atoms with van der Waals surface area (Å²) in [5.74, 6) is 0.836. The van der Waals surface area contributed by atoms with E-state index in [1.165, 1.54) is 18.4 Å². The standard InChI is InChI=1S/C13H14BrCl2NO/c14-10-1-4-13(18-8-11(16)6-15)9(5-10)7-17-12-2-3-12/h1,4-6,12,17H,2-3,7-8H2. The number of ether oxygens (including phenoxy) is 1. The zero-order valence-corrected chi connectivity index (χ0v) is 12.9. The van der Waals surface area contributed by atoms with Gasteiger partial charge in [-0.1, -0.05) is 39.1 Å². The van der Waals surface area contributed by atoms with Gasteiger partial charge in [-0.25, -0.2) is 0 Å². The summed E-state index contributed by atoms with van der Waals surface area (Å²) in [6.45, 7) is 1.10. The number of hydrogen-bond acceptors (Lipinski definition) is 2. The number of benzene rings is 1. The van der Waals surface area contributed by atoms with Gasteiger partial charge in [0.2, 0.25) is 0 Å². The first-order valence-corrected chi connectivity index (χ1v) is 7.39. The number of rotatable bonds is 6. The van der Waals surface area contributed by atoms with Gasteiger partial charge >= 0.3 is 0 Å². The number of nitrogens with one attached hydrogen (secondary N) is 1. The van der Waals surface area contributed by atoms with E-state index in [4.69, 9.17) is 27.9 Å². The average molecular weight is 351 g/mol. The fourth-order valence-electron chi connectivity index (χ4n) is 1.55. The van der Waals surface area contributed by atoms with Crippen LogP contribution in [-0.4, -0.2) is 12.6 Å². The summed E-state index contributed by atoms with van der Waals surface area (Å²) < 4.78 is 6.69. The second kappa shape index (κ2) is 6.80. The number of hydrogen-bond donors (Lipinski definition) is 1. The smallest absolute Gasteiger partial charge is 0.125 e. The van der Waals surface area contributed by atoms with Crippen LogP contribution in [0.1, 0.15) is 18.4 Å². The molecule has 1 saturated carbocycles. The van der Waals surface area contributed by atoms with Crippen molar-refractivity contribution < 1.29 is 4.74 Å². The lowest BCUT2D eigenvalue weighted by atomic mass is 10.2. The maximum Gasteiger partial charge on any atom is 0.125 e. The average Bonchev–Trinajstić information content (AvgIpc) is 3.18. The van der Waals surface area contributed by atoms with Gasteiger partial charge in [0.15, 0.2) is 0 Å². The van der Waals surface area contributed by atoms with Crippen LogP contribution in [0.15, 0.2) is 33.2 Å². The lowest BCUT2D eigenvalue weighted by molar-refractivity contribution is 0.354. The molecule has 2 rings (SSSR count). The molecule has 0 radical (unpaired) electrons. The molecule has 0 aromatic heterocycles. The second-order valence-corrected chi connectivity index (χ2v) is 5.87. The van der Waals surface area contributed by atoms with Gasteiger partial charge in [-0.3, -0.25) is 0 Å². The molecule has 1 aromatic carbocycles. The molecule has 0 saturated heterocycles. The van der Waals surface area contributed by atoms with Crippen LogP contribution in [0.2, 0.25) is 0 Å². The molecule has 5 heteroatoms. The Morgan fingerprint density at radius 3 is 2.94 bits per heavy atom. The zero-order chi connectivity index (χ0) is 13.0. The van der Waals surface area contributed by atoms with Crippen molar-refractivity contribution in [2.75, 3.05) is 6.61 Å². The van der Waals surface area contributed by atoms with Crippen molar-refractivity contribution in [3.05, 3.63) is 38.8 Å². The van der Waals surface area contributed by atoms with Crippen molar-refractivity contribution in [1.82, 2.24) is 5.32 Å². The van der Waals surface area contributed by atoms with Gasteiger partial charge in [0, 0.05) is 28.2 Å². The molecule has 2 nitrogen and oxygen atoms in total. The third-order valence-electron chi connectivity index (χ3n) is 2.67. The predicted octanol–water partition coefficient (Wildman–Crippen LogP) is 4.40. The van der Waals surface area contributed by atoms with Crippen LogP contribution in [0, 0.1) is 0 Å². The van der Waals surface area contributed by atoms with Crippen LogP contribution < -0.4 is 10.1 Å². The molecule has 0 aliphatic heterocycles. The fourth-order valence-corrected chi connectivity index (χ4v) is 2.07. The summed E-state index contributed by atoms with van der Waals surface area (Å²) in [6, 6.07) is 6.62. The molecular weight excluding hydrogens is 337 g/mol. The first kappa shape index (κ1) is 14.2. The Labute approximate surface area is 125 Å². The molecule has 0 atom stereocenters. The third kappa shape index (κ3) is 4.47. The lowest BCUT2D eigenvalue weighted by Crippen LogP contribution is -2.16. The maximum atomic E-state index is 5.82. The van der Waals surface area contributed by atoms with Gasteiger partial charge in [-0.2, -0.15) is 0 Å². The van der Waals surface area contributed by atoms with Gasteiger partial charge in [-0.05, 0) is 31.0 Å². The highest BCUT2D eigenvalue weighted by Crippen LogP contribution is 2.26. The van der Waals surface area contributed by atoms with Crippen molar-refractivity contribution in [3.8, 4) is 5.75 Å². The second-order valence-electron chi connectivity index (χ2n) is 4.25. The minimum absolute atomic E-state index is 0.295. The van der Waals surface area contributed by atoms with Crippen LogP contribution in [0.4, 0.5) is 0 Å². The molecule has 0 heterocycles. The lowest BCUT2D eigenvalue weighted by Gasteiger charge is -2.12. The number of halogens is 3. The summed E-state index contributed by atoms with van der Waals surface area (Å²) in [7, 11) is 0. The van der Waals surface area contributed by atoms with E-state index in [2.05, 4.69) is 27.3 Å². The van der Waals surface area contributed by atoms with Crippen LogP contribution in [0.25, 0.3) is 0 Å². The monoisotopic (exact) mass is 349 g/mol. The van der Waals surface area contributed by atoms with Gasteiger partial charge in [0.05, 0.1) is 5.03 Å². The highest BCUT2D eigenvalue weighted by molar-refractivity contribution is 9.10. The predicted molar refractivity (Wildman–Crippen MR) is 79.3 cm³/mol. The van der Waals surface area contributed by atoms with E-state index in [-0.39, 0.29) is 0 Å². The highest BCUT2D eigenvalue weighted by Gasteiger charge is 2.20. The SMILES string of the molecule is ClC=C(Cl)COc1ccc(Br)cc1CNC1CC1. The van der Waals surface area contributed by atoms with Gasteiger partial charge < -0.3 is 10.1 Å². The van der Waals surface area contributed by atoms with E-state index < -0.39 is 0 Å². The third-order valence-corrected chi connectivity index (χ3v) is 3.75. The normalized spacial score (nSPS) is 15.8. The van der Waals surface area contributed by atoms with E-state index in [9.17, 15) is 0 Å². The van der Waals surface area contributed by atoms with Crippen LogP contribution >= 0.6 is 39.1 Å². The first-order valence-electron chi connectivity index (χ1n) is 5.78. The van der Waals surface area contributed by atoms with Crippen molar-refractivity contribution in [1.29, 1.82) is 0 Å². The molecule has 1 aliphatic carbocycles. The molecule has 18 heavy (non-hydrogen) atoms. The van der Waals surface area contributed by atoms with E-state index >= 15 is 0 Å². The molecule has 1 aromatic rings. The molecule has 0 unspecified atom stereocenters. The van der Waals surface area contributed by atoms with E-state index in [1.807, 2.05) is 12.1 Å². The van der Waals surface area contributed by atoms with Crippen LogP contribution in [0.3, 0.4) is 0 Å². The summed E-state index contributed by atoms with van der Waals surface area (Å²) in [5, 5.41) is 3.95. The molecular formula is C13H14BrCl2NO. The largest absolute Gasteiger partial charge is 0.488 e. The molecule has 1 N–H and O–H groups in total. The molecule has 0 bridgehead atoms. The van der Waals surface area contributed by atoms with Gasteiger partial charge in [0.1, 0.15) is 12.4 Å². The van der Waals surface area contributed by atoms with Crippen LogP contribution in [0.5, 0.6) is 5.75 Å². The minimum atomic E-state index is 0.295. The van der Waals surface area contributed by atoms with Crippen LogP contribution in [-0.2, 0) is 6.54 Å². The maximum absolute atomic E-state index is 5.82. The highest BCUT2D eigenvalue weighted by atomic mass is 79.9. The molecule has 0 amide bonds. The van der Waals surface area contributed by atoms with Crippen molar-refractivity contribution in [2.45, 2.75) is 25.4 Å². The molecule has 1 aliphatic rings. The van der Waals surface area contributed by atoms with E-state index in [1.54, 1.807) is 0 Å². The van der Waals surface area contributed by atoms with Crippen molar-refractivity contribution in [3.63, 3.8) is 0 Å². The quantitative estimate of drug-likeness (QED) is 0.821. The summed E-state index contributed by atoms with van der Waals surface area (Å²) in [6.07, 6.45) is 2.54. The zero-order valence-electron chi connectivity index (χ0n) is 9.76. The van der Waals surface area contributed by atoms with E-state index in [0.29, 0.717) is 17.7 Å². The Kier molecular flexibility index (Phi) is 5.37. The molecule has 1 fully saturated rings. The molecule has 98 valence electrons. The Morgan fingerprint density at radius 2 is 2.28 bits per heavy atom. The minimum Gasteiger partial charge on any atom is -0.488 e. The van der Waals surface area contributed by atoms with E-state index in [0.717, 1.165) is 22.3 Å². The van der Waals surface area contributed by atoms with Crippen molar-refractivity contribution >= 4 is 39.1 Å². The Morgan fingerprint density at radius 1 is 1.50 bits per heavy atom. The molecule has 0 spiro atoms. The fraction of sp³-hybridized carbons (Fsp3) is 0.385. The van der Waals surface area contributed by atoms with Crippen molar-refractivity contribution in [2.24, 2.45) is 0 Å². The Hall–Kier alpha value is -0.220.